The molecule has 1 N–H and O–H groups in total. The summed E-state index contributed by atoms with van der Waals surface area (Å²) in [4.78, 5) is 30.3. The first-order valence-electron chi connectivity index (χ1n) is 8.37. The van der Waals surface area contributed by atoms with E-state index < -0.39 is 0 Å². The molecule has 0 saturated heterocycles. The molecule has 1 aromatic heterocycles. The van der Waals surface area contributed by atoms with E-state index in [1.54, 1.807) is 11.6 Å². The van der Waals surface area contributed by atoms with Crippen molar-refractivity contribution in [1.82, 2.24) is 9.55 Å². The summed E-state index contributed by atoms with van der Waals surface area (Å²) in [7, 11) is 3.63. The normalized spacial score (nSPS) is 18.8. The van der Waals surface area contributed by atoms with Gasteiger partial charge in [0, 0.05) is 20.6 Å². The number of aromatic nitrogens is 2. The lowest BCUT2D eigenvalue weighted by molar-refractivity contribution is 0.333. The van der Waals surface area contributed by atoms with Crippen molar-refractivity contribution in [3.8, 4) is 0 Å². The molecule has 1 aliphatic heterocycles. The lowest BCUT2D eigenvalue weighted by atomic mass is 9.86. The van der Waals surface area contributed by atoms with Crippen LogP contribution in [0.1, 0.15) is 44.9 Å². The van der Waals surface area contributed by atoms with Gasteiger partial charge in [-0.15, -0.1) is 0 Å². The van der Waals surface area contributed by atoms with E-state index in [0.717, 1.165) is 24.7 Å². The van der Waals surface area contributed by atoms with E-state index in [9.17, 15) is 9.59 Å². The van der Waals surface area contributed by atoms with Gasteiger partial charge in [-0.25, -0.2) is 4.79 Å². The van der Waals surface area contributed by atoms with Gasteiger partial charge >= 0.3 is 5.69 Å². The molecule has 6 nitrogen and oxygen atoms in total. The van der Waals surface area contributed by atoms with Crippen molar-refractivity contribution >= 4 is 11.5 Å². The van der Waals surface area contributed by atoms with Crippen LogP contribution in [0.25, 0.3) is 0 Å². The molecule has 3 rings (SSSR count). The van der Waals surface area contributed by atoms with Gasteiger partial charge in [-0.2, -0.15) is 0 Å². The first-order valence-corrected chi connectivity index (χ1v) is 8.37. The summed E-state index contributed by atoms with van der Waals surface area (Å²) in [6.45, 7) is 1.59. The van der Waals surface area contributed by atoms with Gasteiger partial charge in [0.1, 0.15) is 11.5 Å². The second kappa shape index (κ2) is 6.18. The highest BCUT2D eigenvalue weighted by molar-refractivity contribution is 5.71. The van der Waals surface area contributed by atoms with Crippen molar-refractivity contribution in [2.75, 3.05) is 30.1 Å². The molecule has 0 aromatic carbocycles. The second-order valence-corrected chi connectivity index (χ2v) is 6.74. The van der Waals surface area contributed by atoms with Crippen LogP contribution in [0.3, 0.4) is 0 Å². The fourth-order valence-corrected chi connectivity index (χ4v) is 3.92. The van der Waals surface area contributed by atoms with E-state index in [1.807, 2.05) is 11.9 Å². The number of nitrogens with one attached hydrogen (secondary N) is 1. The van der Waals surface area contributed by atoms with Crippen molar-refractivity contribution < 1.29 is 0 Å². The Morgan fingerprint density at radius 1 is 1.14 bits per heavy atom. The Kier molecular flexibility index (Phi) is 4.27. The minimum absolute atomic E-state index is 0.282. The fourth-order valence-electron chi connectivity index (χ4n) is 3.92. The topological polar surface area (TPSA) is 61.3 Å². The van der Waals surface area contributed by atoms with E-state index in [4.69, 9.17) is 0 Å². The molecule has 22 heavy (non-hydrogen) atoms. The predicted molar refractivity (Wildman–Crippen MR) is 88.7 cm³/mol. The number of rotatable bonds is 4. The number of fused-ring (bicyclic) bond motifs is 1. The van der Waals surface area contributed by atoms with Gasteiger partial charge in [-0.1, -0.05) is 32.1 Å². The fraction of sp³-hybridized carbons (Fsp3) is 0.750. The van der Waals surface area contributed by atoms with Crippen molar-refractivity contribution in [3.05, 3.63) is 20.8 Å². The van der Waals surface area contributed by atoms with E-state index in [-0.39, 0.29) is 11.2 Å². The van der Waals surface area contributed by atoms with Crippen LogP contribution in [-0.2, 0) is 7.05 Å². The van der Waals surface area contributed by atoms with Crippen LogP contribution in [0.15, 0.2) is 9.59 Å². The van der Waals surface area contributed by atoms with Crippen molar-refractivity contribution in [1.29, 1.82) is 0 Å². The Morgan fingerprint density at radius 2 is 1.86 bits per heavy atom. The number of nitrogens with zero attached hydrogens (tertiary/aromatic N) is 3. The second-order valence-electron chi connectivity index (χ2n) is 6.74. The van der Waals surface area contributed by atoms with Crippen LogP contribution in [0, 0.1) is 5.92 Å². The summed E-state index contributed by atoms with van der Waals surface area (Å²) in [5.74, 6) is 1.64. The SMILES string of the molecule is CN1CN(CCCC2CCCCC2)c2c1c(=O)[nH]c(=O)n2C. The minimum Gasteiger partial charge on any atom is -0.349 e. The average Bonchev–Trinajstić information content (AvgIpc) is 2.83. The van der Waals surface area contributed by atoms with Crippen molar-refractivity contribution in [2.45, 2.75) is 44.9 Å². The molecule has 0 unspecified atom stereocenters. The first kappa shape index (κ1) is 15.2. The Labute approximate surface area is 130 Å². The highest BCUT2D eigenvalue weighted by Crippen LogP contribution is 2.31. The summed E-state index contributed by atoms with van der Waals surface area (Å²) in [5.41, 5.74) is -0.00789. The summed E-state index contributed by atoms with van der Waals surface area (Å²) in [6, 6.07) is 0. The molecule has 1 aliphatic carbocycles. The van der Waals surface area contributed by atoms with Gasteiger partial charge < -0.3 is 9.80 Å². The number of anilines is 2. The maximum absolute atomic E-state index is 12.0. The van der Waals surface area contributed by atoms with Crippen LogP contribution < -0.4 is 21.0 Å². The molecule has 2 heterocycles. The predicted octanol–water partition coefficient (Wildman–Crippen LogP) is 1.65. The third-order valence-electron chi connectivity index (χ3n) is 5.10. The Hall–Kier alpha value is -1.72. The lowest BCUT2D eigenvalue weighted by Crippen LogP contribution is -2.32. The molecular formula is C16H26N4O2. The zero-order chi connectivity index (χ0) is 15.7. The minimum atomic E-state index is -0.337. The summed E-state index contributed by atoms with van der Waals surface area (Å²) in [6.07, 6.45) is 9.27. The smallest absolute Gasteiger partial charge is 0.329 e. The van der Waals surface area contributed by atoms with E-state index in [0.29, 0.717) is 12.4 Å². The highest BCUT2D eigenvalue weighted by Gasteiger charge is 2.29. The van der Waals surface area contributed by atoms with Crippen LogP contribution in [0.4, 0.5) is 11.5 Å². The van der Waals surface area contributed by atoms with Gasteiger partial charge in [0.25, 0.3) is 5.56 Å². The van der Waals surface area contributed by atoms with Crippen LogP contribution in [0.5, 0.6) is 0 Å². The maximum Gasteiger partial charge on any atom is 0.329 e. The zero-order valence-electron chi connectivity index (χ0n) is 13.6. The molecule has 0 bridgehead atoms. The number of hydrogen-bond donors (Lipinski definition) is 1. The number of H-pyrrole nitrogens is 1. The molecule has 122 valence electrons. The Bertz CT molecular complexity index is 643. The molecule has 1 saturated carbocycles. The first-order chi connectivity index (χ1) is 10.6. The number of aromatic amines is 1. The quantitative estimate of drug-likeness (QED) is 0.919. The molecule has 0 spiro atoms. The van der Waals surface area contributed by atoms with Gasteiger partial charge in [0.2, 0.25) is 0 Å². The molecule has 1 fully saturated rings. The molecule has 2 aliphatic rings. The molecule has 1 aromatic rings. The van der Waals surface area contributed by atoms with E-state index in [1.165, 1.54) is 38.5 Å². The largest absolute Gasteiger partial charge is 0.349 e. The average molecular weight is 306 g/mol. The summed E-state index contributed by atoms with van der Waals surface area (Å²) >= 11 is 0. The molecule has 0 amide bonds. The maximum atomic E-state index is 12.0. The standard InChI is InChI=1S/C16H26N4O2/c1-18-11-20(10-6-9-12-7-4-3-5-8-12)15-13(18)14(21)17-16(22)19(15)2/h12H,3-11H2,1-2H3,(H,17,21,22). The molecule has 0 radical (unpaired) electrons. The van der Waals surface area contributed by atoms with Gasteiger partial charge in [-0.3, -0.25) is 14.3 Å². The molecule has 0 atom stereocenters. The van der Waals surface area contributed by atoms with Gasteiger partial charge in [0.15, 0.2) is 0 Å². The van der Waals surface area contributed by atoms with E-state index in [2.05, 4.69) is 9.88 Å². The Morgan fingerprint density at radius 3 is 2.59 bits per heavy atom. The molecular weight excluding hydrogens is 280 g/mol. The van der Waals surface area contributed by atoms with Crippen molar-refractivity contribution in [3.63, 3.8) is 0 Å². The molecule has 6 heteroatoms. The lowest BCUT2D eigenvalue weighted by Gasteiger charge is -2.24. The zero-order valence-corrected chi connectivity index (χ0v) is 13.6. The summed E-state index contributed by atoms with van der Waals surface area (Å²) in [5, 5.41) is 0. The highest BCUT2D eigenvalue weighted by atomic mass is 16.2. The third-order valence-corrected chi connectivity index (χ3v) is 5.10. The van der Waals surface area contributed by atoms with Gasteiger partial charge in [-0.05, 0) is 18.8 Å². The number of hydrogen-bond acceptors (Lipinski definition) is 4. The van der Waals surface area contributed by atoms with Gasteiger partial charge in [0.05, 0.1) is 6.67 Å². The van der Waals surface area contributed by atoms with Crippen LogP contribution in [0.2, 0.25) is 0 Å². The van der Waals surface area contributed by atoms with E-state index >= 15 is 0 Å². The van der Waals surface area contributed by atoms with Crippen LogP contribution in [-0.4, -0.2) is 29.8 Å². The summed E-state index contributed by atoms with van der Waals surface area (Å²) < 4.78 is 1.56. The van der Waals surface area contributed by atoms with Crippen LogP contribution >= 0.6 is 0 Å². The monoisotopic (exact) mass is 306 g/mol. The third kappa shape index (κ3) is 2.78. The van der Waals surface area contributed by atoms with Crippen molar-refractivity contribution in [2.24, 2.45) is 13.0 Å². The Balaban J connectivity index is 1.70.